The molecule has 1 unspecified atom stereocenters. The number of alkyl halides is 3. The van der Waals surface area contributed by atoms with Crippen LogP contribution in [0.1, 0.15) is 25.5 Å². The molecule has 0 aliphatic rings. The third kappa shape index (κ3) is 6.20. The Kier molecular flexibility index (Phi) is 6.51. The van der Waals surface area contributed by atoms with Crippen molar-refractivity contribution in [2.75, 3.05) is 18.9 Å². The molecular formula is C13H18F3NOS. The van der Waals surface area contributed by atoms with Gasteiger partial charge in [0.15, 0.2) is 0 Å². The van der Waals surface area contributed by atoms with Gasteiger partial charge in [-0.3, -0.25) is 0 Å². The van der Waals surface area contributed by atoms with Crippen LogP contribution in [-0.2, 0) is 0 Å². The van der Waals surface area contributed by atoms with Crippen LogP contribution in [0.25, 0.3) is 0 Å². The fraction of sp³-hybridized carbons (Fsp3) is 0.538. The van der Waals surface area contributed by atoms with Crippen LogP contribution < -0.4 is 10.1 Å². The molecule has 0 heterocycles. The topological polar surface area (TPSA) is 21.3 Å². The second-order valence-corrected chi connectivity index (χ2v) is 5.10. The largest absolute Gasteiger partial charge is 0.494 e. The van der Waals surface area contributed by atoms with E-state index in [1.54, 1.807) is 0 Å². The number of para-hydroxylation sites is 1. The molecule has 0 aliphatic heterocycles. The van der Waals surface area contributed by atoms with Gasteiger partial charge in [-0.25, -0.2) is 0 Å². The zero-order chi connectivity index (χ0) is 14.3. The summed E-state index contributed by atoms with van der Waals surface area (Å²) in [7, 11) is 0. The predicted octanol–water partition coefficient (Wildman–Crippen LogP) is 3.99. The van der Waals surface area contributed by atoms with Gasteiger partial charge in [-0.1, -0.05) is 18.2 Å². The maximum atomic E-state index is 12.0. The fourth-order valence-corrected chi connectivity index (χ4v) is 2.13. The van der Waals surface area contributed by atoms with Crippen LogP contribution in [0.2, 0.25) is 0 Å². The number of thioether (sulfide) groups is 1. The summed E-state index contributed by atoms with van der Waals surface area (Å²) in [6.07, 6.45) is 0. The van der Waals surface area contributed by atoms with E-state index in [0.29, 0.717) is 13.2 Å². The van der Waals surface area contributed by atoms with Gasteiger partial charge in [-0.05, 0) is 31.7 Å². The standard InChI is InChI=1S/C13H18F3NOS/c1-3-18-12-7-5-4-6-11(12)10(2)17-8-9-19-13(14,15)16/h4-7,10,17H,3,8-9H2,1-2H3. The van der Waals surface area contributed by atoms with Crippen LogP contribution in [-0.4, -0.2) is 24.4 Å². The highest BCUT2D eigenvalue weighted by atomic mass is 32.2. The molecule has 0 spiro atoms. The highest BCUT2D eigenvalue weighted by Crippen LogP contribution is 2.30. The number of hydrogen-bond donors (Lipinski definition) is 1. The van der Waals surface area contributed by atoms with E-state index in [9.17, 15) is 13.2 Å². The normalized spacial score (nSPS) is 13.3. The first kappa shape index (κ1) is 16.2. The summed E-state index contributed by atoms with van der Waals surface area (Å²) in [4.78, 5) is 0. The van der Waals surface area contributed by atoms with Crippen molar-refractivity contribution in [1.29, 1.82) is 0 Å². The van der Waals surface area contributed by atoms with E-state index >= 15 is 0 Å². The van der Waals surface area contributed by atoms with Crippen LogP contribution in [0, 0.1) is 0 Å². The first-order chi connectivity index (χ1) is 8.94. The molecule has 0 amide bonds. The summed E-state index contributed by atoms with van der Waals surface area (Å²) in [6.45, 7) is 4.67. The van der Waals surface area contributed by atoms with Gasteiger partial charge in [0.1, 0.15) is 5.75 Å². The summed E-state index contributed by atoms with van der Waals surface area (Å²) < 4.78 is 41.4. The van der Waals surface area contributed by atoms with Gasteiger partial charge in [-0.2, -0.15) is 13.2 Å². The Bertz CT molecular complexity index is 384. The molecule has 1 aromatic rings. The highest BCUT2D eigenvalue weighted by molar-refractivity contribution is 8.00. The molecule has 0 aliphatic carbocycles. The van der Waals surface area contributed by atoms with Gasteiger partial charge in [-0.15, -0.1) is 0 Å². The molecule has 0 saturated carbocycles. The van der Waals surface area contributed by atoms with Crippen molar-refractivity contribution in [1.82, 2.24) is 5.32 Å². The molecule has 108 valence electrons. The molecule has 0 saturated heterocycles. The Hall–Kier alpha value is -0.880. The smallest absolute Gasteiger partial charge is 0.441 e. The van der Waals surface area contributed by atoms with Gasteiger partial charge in [0, 0.05) is 23.9 Å². The maximum Gasteiger partial charge on any atom is 0.441 e. The first-order valence-electron chi connectivity index (χ1n) is 6.10. The fourth-order valence-electron chi connectivity index (χ4n) is 1.68. The van der Waals surface area contributed by atoms with E-state index in [1.807, 2.05) is 38.1 Å². The van der Waals surface area contributed by atoms with Crippen molar-refractivity contribution in [2.24, 2.45) is 0 Å². The van der Waals surface area contributed by atoms with Gasteiger partial charge in [0.05, 0.1) is 6.61 Å². The summed E-state index contributed by atoms with van der Waals surface area (Å²) in [5.74, 6) is 0.776. The second kappa shape index (κ2) is 7.65. The van der Waals surface area contributed by atoms with Crippen molar-refractivity contribution < 1.29 is 17.9 Å². The van der Waals surface area contributed by atoms with E-state index in [-0.39, 0.29) is 23.6 Å². The molecule has 1 N–H and O–H groups in total. The Balaban J connectivity index is 2.47. The van der Waals surface area contributed by atoms with Crippen molar-refractivity contribution in [2.45, 2.75) is 25.4 Å². The summed E-state index contributed by atoms with van der Waals surface area (Å²) in [5, 5.41) is 3.07. The Morgan fingerprint density at radius 3 is 2.63 bits per heavy atom. The average Bonchev–Trinajstić information content (AvgIpc) is 2.34. The van der Waals surface area contributed by atoms with Crippen LogP contribution in [0.5, 0.6) is 5.75 Å². The second-order valence-electron chi connectivity index (χ2n) is 3.94. The van der Waals surface area contributed by atoms with Crippen LogP contribution >= 0.6 is 11.8 Å². The first-order valence-corrected chi connectivity index (χ1v) is 7.08. The third-order valence-electron chi connectivity index (χ3n) is 2.50. The number of halogens is 3. The molecule has 0 radical (unpaired) electrons. The lowest BCUT2D eigenvalue weighted by Gasteiger charge is -2.18. The van der Waals surface area contributed by atoms with E-state index in [2.05, 4.69) is 5.32 Å². The number of nitrogens with one attached hydrogen (secondary N) is 1. The molecule has 19 heavy (non-hydrogen) atoms. The van der Waals surface area contributed by atoms with E-state index < -0.39 is 5.51 Å². The number of ether oxygens (including phenoxy) is 1. The van der Waals surface area contributed by atoms with Gasteiger partial charge in [0.25, 0.3) is 0 Å². The van der Waals surface area contributed by atoms with Crippen molar-refractivity contribution >= 4 is 11.8 Å². The van der Waals surface area contributed by atoms with Crippen molar-refractivity contribution in [3.05, 3.63) is 29.8 Å². The SMILES string of the molecule is CCOc1ccccc1C(C)NCCSC(F)(F)F. The van der Waals surface area contributed by atoms with E-state index in [4.69, 9.17) is 4.74 Å². The predicted molar refractivity (Wildman–Crippen MR) is 72.5 cm³/mol. The number of rotatable bonds is 7. The van der Waals surface area contributed by atoms with E-state index in [1.165, 1.54) is 0 Å². The molecular weight excluding hydrogens is 275 g/mol. The average molecular weight is 293 g/mol. The van der Waals surface area contributed by atoms with Gasteiger partial charge in [0.2, 0.25) is 0 Å². The highest BCUT2D eigenvalue weighted by Gasteiger charge is 2.27. The summed E-state index contributed by atoms with van der Waals surface area (Å²) in [5.41, 5.74) is -3.20. The third-order valence-corrected chi connectivity index (χ3v) is 3.24. The monoisotopic (exact) mass is 293 g/mol. The van der Waals surface area contributed by atoms with Gasteiger partial charge >= 0.3 is 5.51 Å². The van der Waals surface area contributed by atoms with Crippen molar-refractivity contribution in [3.8, 4) is 5.75 Å². The lowest BCUT2D eigenvalue weighted by atomic mass is 10.1. The molecule has 0 aromatic heterocycles. The maximum absolute atomic E-state index is 12.0. The number of hydrogen-bond acceptors (Lipinski definition) is 3. The Morgan fingerprint density at radius 1 is 1.32 bits per heavy atom. The zero-order valence-electron chi connectivity index (χ0n) is 11.0. The lowest BCUT2D eigenvalue weighted by Crippen LogP contribution is -2.23. The minimum Gasteiger partial charge on any atom is -0.494 e. The zero-order valence-corrected chi connectivity index (χ0v) is 11.8. The molecule has 0 fully saturated rings. The van der Waals surface area contributed by atoms with Crippen molar-refractivity contribution in [3.63, 3.8) is 0 Å². The minimum atomic E-state index is -4.16. The molecule has 2 nitrogen and oxygen atoms in total. The number of benzene rings is 1. The van der Waals surface area contributed by atoms with E-state index in [0.717, 1.165) is 11.3 Å². The minimum absolute atomic E-state index is 0.00460. The summed E-state index contributed by atoms with van der Waals surface area (Å²) in [6, 6.07) is 7.50. The molecule has 1 atom stereocenters. The van der Waals surface area contributed by atoms with Crippen LogP contribution in [0.15, 0.2) is 24.3 Å². The van der Waals surface area contributed by atoms with Gasteiger partial charge < -0.3 is 10.1 Å². The molecule has 1 rings (SSSR count). The Morgan fingerprint density at radius 2 is 2.00 bits per heavy atom. The van der Waals surface area contributed by atoms with Crippen LogP contribution in [0.3, 0.4) is 0 Å². The lowest BCUT2D eigenvalue weighted by molar-refractivity contribution is -0.0327. The Labute approximate surface area is 115 Å². The molecule has 1 aromatic carbocycles. The quantitative estimate of drug-likeness (QED) is 0.768. The summed E-state index contributed by atoms with van der Waals surface area (Å²) >= 11 is -0.00854. The van der Waals surface area contributed by atoms with Crippen LogP contribution in [0.4, 0.5) is 13.2 Å². The molecule has 6 heteroatoms. The molecule has 0 bridgehead atoms.